The third kappa shape index (κ3) is 2.41. The van der Waals surface area contributed by atoms with Gasteiger partial charge in [0.2, 0.25) is 0 Å². The molecule has 0 aromatic carbocycles. The summed E-state index contributed by atoms with van der Waals surface area (Å²) in [4.78, 5) is 4.08. The summed E-state index contributed by atoms with van der Waals surface area (Å²) in [6.45, 7) is 2.81. The number of nitrogens with zero attached hydrogens (tertiary/aromatic N) is 4. The molecule has 6 nitrogen and oxygen atoms in total. The molecule has 0 aliphatic carbocycles. The molecule has 2 heterocycles. The molecule has 0 radical (unpaired) electrons. The lowest BCUT2D eigenvalue weighted by atomic mass is 10.3. The Morgan fingerprint density at radius 2 is 2.47 bits per heavy atom. The highest BCUT2D eigenvalue weighted by atomic mass is 15.2. The zero-order valence-corrected chi connectivity index (χ0v) is 8.81. The monoisotopic (exact) mass is 206 g/mol. The highest BCUT2D eigenvalue weighted by Crippen LogP contribution is 2.05. The van der Waals surface area contributed by atoms with Gasteiger partial charge in [-0.25, -0.2) is 4.98 Å². The molecular formula is C9H14N6. The van der Waals surface area contributed by atoms with Crippen LogP contribution in [0.5, 0.6) is 0 Å². The van der Waals surface area contributed by atoms with Gasteiger partial charge in [0.15, 0.2) is 0 Å². The highest BCUT2D eigenvalue weighted by Gasteiger charge is 2.07. The Morgan fingerprint density at radius 1 is 1.60 bits per heavy atom. The number of hydrogen-bond donors (Lipinski definition) is 2. The third-order valence-corrected chi connectivity index (χ3v) is 2.21. The molecule has 1 unspecified atom stereocenters. The van der Waals surface area contributed by atoms with Crippen molar-refractivity contribution >= 4 is 0 Å². The average Bonchev–Trinajstić information content (AvgIpc) is 2.84. The number of aromatic nitrogens is 5. The van der Waals surface area contributed by atoms with E-state index in [4.69, 9.17) is 0 Å². The van der Waals surface area contributed by atoms with Crippen molar-refractivity contribution in [3.63, 3.8) is 0 Å². The fourth-order valence-corrected chi connectivity index (χ4v) is 1.35. The van der Waals surface area contributed by atoms with Gasteiger partial charge in [-0.3, -0.25) is 9.78 Å². The van der Waals surface area contributed by atoms with Crippen LogP contribution in [-0.2, 0) is 13.6 Å². The maximum absolute atomic E-state index is 4.10. The largest absolute Gasteiger partial charge is 0.303 e. The third-order valence-electron chi connectivity index (χ3n) is 2.21. The fourth-order valence-electron chi connectivity index (χ4n) is 1.35. The van der Waals surface area contributed by atoms with Gasteiger partial charge in [-0.05, 0) is 6.92 Å². The SMILES string of the molecule is CC(NCc1cnn(C)c1)c1ncn[nH]1. The molecule has 2 N–H and O–H groups in total. The molecule has 0 bridgehead atoms. The van der Waals surface area contributed by atoms with Crippen molar-refractivity contribution in [1.82, 2.24) is 30.3 Å². The van der Waals surface area contributed by atoms with Crippen LogP contribution in [0.25, 0.3) is 0 Å². The van der Waals surface area contributed by atoms with Gasteiger partial charge in [-0.2, -0.15) is 10.2 Å². The summed E-state index contributed by atoms with van der Waals surface area (Å²) in [5.74, 6) is 0.846. The summed E-state index contributed by atoms with van der Waals surface area (Å²) in [6.07, 6.45) is 5.35. The van der Waals surface area contributed by atoms with E-state index in [9.17, 15) is 0 Å². The average molecular weight is 206 g/mol. The lowest BCUT2D eigenvalue weighted by Crippen LogP contribution is -2.18. The normalized spacial score (nSPS) is 12.9. The molecule has 2 rings (SSSR count). The molecule has 0 saturated carbocycles. The summed E-state index contributed by atoms with van der Waals surface area (Å²) < 4.78 is 1.79. The molecule has 2 aromatic rings. The number of H-pyrrole nitrogens is 1. The van der Waals surface area contributed by atoms with Gasteiger partial charge < -0.3 is 5.32 Å². The first-order valence-corrected chi connectivity index (χ1v) is 4.82. The Morgan fingerprint density at radius 3 is 3.07 bits per heavy atom. The van der Waals surface area contributed by atoms with Crippen LogP contribution >= 0.6 is 0 Å². The van der Waals surface area contributed by atoms with E-state index in [-0.39, 0.29) is 6.04 Å². The number of aromatic amines is 1. The smallest absolute Gasteiger partial charge is 0.141 e. The van der Waals surface area contributed by atoms with Crippen molar-refractivity contribution in [3.05, 3.63) is 30.1 Å². The van der Waals surface area contributed by atoms with Gasteiger partial charge in [0.1, 0.15) is 12.2 Å². The molecule has 15 heavy (non-hydrogen) atoms. The number of aryl methyl sites for hydroxylation is 1. The molecule has 6 heteroatoms. The zero-order valence-electron chi connectivity index (χ0n) is 8.81. The first kappa shape index (κ1) is 9.85. The van der Waals surface area contributed by atoms with Crippen LogP contribution in [0, 0.1) is 0 Å². The minimum atomic E-state index is 0.160. The molecule has 0 saturated heterocycles. The summed E-state index contributed by atoms with van der Waals surface area (Å²) in [6, 6.07) is 0.160. The summed E-state index contributed by atoms with van der Waals surface area (Å²) in [5, 5.41) is 14.1. The van der Waals surface area contributed by atoms with Crippen molar-refractivity contribution < 1.29 is 0 Å². The second-order valence-electron chi connectivity index (χ2n) is 3.50. The van der Waals surface area contributed by atoms with Crippen LogP contribution in [0.15, 0.2) is 18.7 Å². The molecule has 0 spiro atoms. The van der Waals surface area contributed by atoms with Gasteiger partial charge in [-0.15, -0.1) is 0 Å². The Labute approximate surface area is 87.7 Å². The second kappa shape index (κ2) is 4.22. The van der Waals surface area contributed by atoms with Crippen molar-refractivity contribution in [2.45, 2.75) is 19.5 Å². The summed E-state index contributed by atoms with van der Waals surface area (Å²) >= 11 is 0. The molecular weight excluding hydrogens is 192 g/mol. The summed E-state index contributed by atoms with van der Waals surface area (Å²) in [5.41, 5.74) is 1.16. The first-order valence-electron chi connectivity index (χ1n) is 4.82. The quantitative estimate of drug-likeness (QED) is 0.759. The Bertz CT molecular complexity index is 404. The molecule has 80 valence electrons. The standard InChI is InChI=1S/C9H14N6/c1-7(9-11-6-12-14-9)10-3-8-4-13-15(2)5-8/h4-7,10H,3H2,1-2H3,(H,11,12,14). The molecule has 0 aliphatic rings. The van der Waals surface area contributed by atoms with Crippen molar-refractivity contribution in [3.8, 4) is 0 Å². The van der Waals surface area contributed by atoms with E-state index in [2.05, 4.69) is 25.6 Å². The van der Waals surface area contributed by atoms with E-state index in [0.717, 1.165) is 17.9 Å². The van der Waals surface area contributed by atoms with Crippen LogP contribution in [-0.4, -0.2) is 25.0 Å². The van der Waals surface area contributed by atoms with E-state index in [0.29, 0.717) is 0 Å². The van der Waals surface area contributed by atoms with Crippen LogP contribution in [0.4, 0.5) is 0 Å². The lowest BCUT2D eigenvalue weighted by Gasteiger charge is -2.09. The molecule has 2 aromatic heterocycles. The molecule has 0 amide bonds. The minimum Gasteiger partial charge on any atom is -0.303 e. The predicted molar refractivity (Wildman–Crippen MR) is 54.8 cm³/mol. The zero-order chi connectivity index (χ0) is 10.7. The van der Waals surface area contributed by atoms with Crippen molar-refractivity contribution in [2.24, 2.45) is 7.05 Å². The van der Waals surface area contributed by atoms with Gasteiger partial charge in [0, 0.05) is 25.4 Å². The van der Waals surface area contributed by atoms with E-state index >= 15 is 0 Å². The molecule has 0 aliphatic heterocycles. The van der Waals surface area contributed by atoms with Crippen molar-refractivity contribution in [2.75, 3.05) is 0 Å². The van der Waals surface area contributed by atoms with Crippen LogP contribution in [0.2, 0.25) is 0 Å². The Kier molecular flexibility index (Phi) is 2.77. The molecule has 1 atom stereocenters. The van der Waals surface area contributed by atoms with E-state index in [1.807, 2.05) is 26.4 Å². The lowest BCUT2D eigenvalue weighted by molar-refractivity contribution is 0.548. The van der Waals surface area contributed by atoms with Crippen molar-refractivity contribution in [1.29, 1.82) is 0 Å². The number of hydrogen-bond acceptors (Lipinski definition) is 4. The fraction of sp³-hybridized carbons (Fsp3) is 0.444. The maximum atomic E-state index is 4.10. The second-order valence-corrected chi connectivity index (χ2v) is 3.50. The van der Waals surface area contributed by atoms with Crippen LogP contribution in [0.3, 0.4) is 0 Å². The first-order chi connectivity index (χ1) is 7.25. The summed E-state index contributed by atoms with van der Waals surface area (Å²) in [7, 11) is 1.91. The van der Waals surface area contributed by atoms with Crippen LogP contribution < -0.4 is 5.32 Å². The van der Waals surface area contributed by atoms with E-state index in [1.54, 1.807) is 4.68 Å². The topological polar surface area (TPSA) is 71.4 Å². The van der Waals surface area contributed by atoms with E-state index in [1.165, 1.54) is 6.33 Å². The Balaban J connectivity index is 1.88. The number of nitrogens with one attached hydrogen (secondary N) is 2. The maximum Gasteiger partial charge on any atom is 0.141 e. The van der Waals surface area contributed by atoms with Gasteiger partial charge in [-0.1, -0.05) is 0 Å². The van der Waals surface area contributed by atoms with Gasteiger partial charge in [0.05, 0.1) is 12.2 Å². The predicted octanol–water partition coefficient (Wildman–Crippen LogP) is 0.389. The van der Waals surface area contributed by atoms with Crippen LogP contribution in [0.1, 0.15) is 24.4 Å². The van der Waals surface area contributed by atoms with Gasteiger partial charge in [0.25, 0.3) is 0 Å². The Hall–Kier alpha value is -1.69. The number of rotatable bonds is 4. The van der Waals surface area contributed by atoms with E-state index < -0.39 is 0 Å². The molecule has 0 fully saturated rings. The highest BCUT2D eigenvalue weighted by molar-refractivity contribution is 5.03. The minimum absolute atomic E-state index is 0.160. The van der Waals surface area contributed by atoms with Gasteiger partial charge >= 0.3 is 0 Å².